The van der Waals surface area contributed by atoms with Crippen LogP contribution in [0.25, 0.3) is 0 Å². The van der Waals surface area contributed by atoms with E-state index in [1.165, 1.54) is 14.2 Å². The molecule has 0 spiro atoms. The third-order valence-corrected chi connectivity index (χ3v) is 1.91. The number of carbonyl (C=O) groups is 1. The van der Waals surface area contributed by atoms with E-state index >= 15 is 0 Å². The summed E-state index contributed by atoms with van der Waals surface area (Å²) in [5, 5.41) is 2.58. The minimum atomic E-state index is -0.679. The fourth-order valence-electron chi connectivity index (χ4n) is 1.18. The molecule has 0 aliphatic heterocycles. The number of benzene rings is 1. The second-order valence-electron chi connectivity index (χ2n) is 3.03. The summed E-state index contributed by atoms with van der Waals surface area (Å²) in [6.45, 7) is 0. The molecular formula is C11H15NO3. The smallest absolute Gasteiger partial charge is 0.239 e. The van der Waals surface area contributed by atoms with E-state index in [1.807, 2.05) is 30.3 Å². The Kier molecular flexibility index (Phi) is 4.80. The van der Waals surface area contributed by atoms with E-state index in [0.717, 1.165) is 5.56 Å². The van der Waals surface area contributed by atoms with Crippen LogP contribution in [0.2, 0.25) is 0 Å². The molecule has 1 aromatic rings. The minimum Gasteiger partial charge on any atom is -0.339 e. The van der Waals surface area contributed by atoms with E-state index in [2.05, 4.69) is 5.32 Å². The lowest BCUT2D eigenvalue weighted by Gasteiger charge is -2.14. The monoisotopic (exact) mass is 209 g/mol. The first-order valence-electron chi connectivity index (χ1n) is 4.65. The number of carbonyl (C=O) groups excluding carboxylic acids is 1. The van der Waals surface area contributed by atoms with Gasteiger partial charge in [0.2, 0.25) is 12.3 Å². The fourth-order valence-corrected chi connectivity index (χ4v) is 1.18. The van der Waals surface area contributed by atoms with Gasteiger partial charge in [0, 0.05) is 14.2 Å². The normalized spacial score (nSPS) is 10.3. The summed E-state index contributed by atoms with van der Waals surface area (Å²) >= 11 is 0. The molecule has 82 valence electrons. The van der Waals surface area contributed by atoms with Gasteiger partial charge >= 0.3 is 0 Å². The maximum atomic E-state index is 11.5. The van der Waals surface area contributed by atoms with Crippen molar-refractivity contribution in [3.63, 3.8) is 0 Å². The van der Waals surface area contributed by atoms with Crippen LogP contribution in [-0.4, -0.2) is 26.5 Å². The van der Waals surface area contributed by atoms with Crippen LogP contribution in [0.15, 0.2) is 30.3 Å². The van der Waals surface area contributed by atoms with E-state index in [4.69, 9.17) is 9.47 Å². The second-order valence-corrected chi connectivity index (χ2v) is 3.03. The van der Waals surface area contributed by atoms with Crippen LogP contribution in [-0.2, 0) is 20.7 Å². The molecule has 0 fully saturated rings. The lowest BCUT2D eigenvalue weighted by atomic mass is 10.1. The minimum absolute atomic E-state index is 0.130. The number of hydrogen-bond acceptors (Lipinski definition) is 3. The van der Waals surface area contributed by atoms with Crippen LogP contribution >= 0.6 is 0 Å². The number of rotatable bonds is 5. The van der Waals surface area contributed by atoms with Crippen LogP contribution in [0.5, 0.6) is 0 Å². The highest BCUT2D eigenvalue weighted by atomic mass is 16.7. The summed E-state index contributed by atoms with van der Waals surface area (Å²) in [6.07, 6.45) is -0.356. The molecule has 0 atom stereocenters. The maximum absolute atomic E-state index is 11.5. The first-order chi connectivity index (χ1) is 7.26. The Labute approximate surface area is 89.2 Å². The van der Waals surface area contributed by atoms with E-state index in [0.29, 0.717) is 6.42 Å². The van der Waals surface area contributed by atoms with Crippen LogP contribution in [0.3, 0.4) is 0 Å². The number of methoxy groups -OCH3 is 2. The molecule has 1 rings (SSSR count). The molecule has 0 radical (unpaired) electrons. The van der Waals surface area contributed by atoms with Crippen molar-refractivity contribution < 1.29 is 14.3 Å². The average Bonchev–Trinajstić information content (AvgIpc) is 2.27. The Morgan fingerprint density at radius 2 is 1.87 bits per heavy atom. The van der Waals surface area contributed by atoms with Gasteiger partial charge in [0.15, 0.2) is 0 Å². The van der Waals surface area contributed by atoms with Gasteiger partial charge in [-0.3, -0.25) is 4.79 Å². The molecule has 0 saturated heterocycles. The molecule has 0 aliphatic carbocycles. The largest absolute Gasteiger partial charge is 0.339 e. The predicted octanol–water partition coefficient (Wildman–Crippen LogP) is 0.922. The van der Waals surface area contributed by atoms with Crippen LogP contribution in [0.4, 0.5) is 0 Å². The summed E-state index contributed by atoms with van der Waals surface area (Å²) in [4.78, 5) is 11.5. The summed E-state index contributed by atoms with van der Waals surface area (Å²) in [5.74, 6) is -0.130. The first-order valence-corrected chi connectivity index (χ1v) is 4.65. The first kappa shape index (κ1) is 11.7. The zero-order valence-electron chi connectivity index (χ0n) is 8.90. The van der Waals surface area contributed by atoms with Gasteiger partial charge in [-0.15, -0.1) is 0 Å². The average molecular weight is 209 g/mol. The number of ether oxygens (including phenoxy) is 2. The van der Waals surface area contributed by atoms with Crippen molar-refractivity contribution in [1.82, 2.24) is 5.32 Å². The second kappa shape index (κ2) is 6.16. The van der Waals surface area contributed by atoms with Gasteiger partial charge in [-0.1, -0.05) is 30.3 Å². The lowest BCUT2D eigenvalue weighted by molar-refractivity contribution is -0.148. The Balaban J connectivity index is 2.43. The zero-order chi connectivity index (χ0) is 11.1. The molecule has 15 heavy (non-hydrogen) atoms. The highest BCUT2D eigenvalue weighted by Crippen LogP contribution is 1.99. The van der Waals surface area contributed by atoms with Crippen molar-refractivity contribution in [3.05, 3.63) is 35.9 Å². The van der Waals surface area contributed by atoms with Crippen LogP contribution in [0, 0.1) is 0 Å². The van der Waals surface area contributed by atoms with E-state index in [-0.39, 0.29) is 5.91 Å². The lowest BCUT2D eigenvalue weighted by Crippen LogP contribution is -2.38. The third-order valence-electron chi connectivity index (χ3n) is 1.91. The molecule has 0 bridgehead atoms. The molecule has 1 N–H and O–H groups in total. The van der Waals surface area contributed by atoms with E-state index in [1.54, 1.807) is 0 Å². The SMILES string of the molecule is COC(NC(=O)Cc1ccccc1)OC. The molecule has 1 amide bonds. The summed E-state index contributed by atoms with van der Waals surface area (Å²) < 4.78 is 9.71. The van der Waals surface area contributed by atoms with Crippen molar-refractivity contribution in [1.29, 1.82) is 0 Å². The standard InChI is InChI=1S/C11H15NO3/c1-14-11(15-2)12-10(13)8-9-6-4-3-5-7-9/h3-7,11H,8H2,1-2H3,(H,12,13). The Hall–Kier alpha value is -1.39. The highest BCUT2D eigenvalue weighted by molar-refractivity contribution is 5.78. The number of hydrogen-bond donors (Lipinski definition) is 1. The summed E-state index contributed by atoms with van der Waals surface area (Å²) in [5.41, 5.74) is 0.959. The van der Waals surface area contributed by atoms with Gasteiger partial charge in [-0.05, 0) is 5.56 Å². The quantitative estimate of drug-likeness (QED) is 0.734. The Morgan fingerprint density at radius 3 is 2.40 bits per heavy atom. The van der Waals surface area contributed by atoms with Crippen molar-refractivity contribution in [2.24, 2.45) is 0 Å². The highest BCUT2D eigenvalue weighted by Gasteiger charge is 2.09. The Bertz CT molecular complexity index is 296. The van der Waals surface area contributed by atoms with Crippen LogP contribution < -0.4 is 5.32 Å². The van der Waals surface area contributed by atoms with Crippen molar-refractivity contribution >= 4 is 5.91 Å². The van der Waals surface area contributed by atoms with Crippen molar-refractivity contribution in [2.75, 3.05) is 14.2 Å². The fraction of sp³-hybridized carbons (Fsp3) is 0.364. The molecule has 0 unspecified atom stereocenters. The van der Waals surface area contributed by atoms with E-state index < -0.39 is 6.41 Å². The maximum Gasteiger partial charge on any atom is 0.239 e. The molecule has 0 aliphatic rings. The van der Waals surface area contributed by atoms with E-state index in [9.17, 15) is 4.79 Å². The van der Waals surface area contributed by atoms with Gasteiger partial charge < -0.3 is 14.8 Å². The molecule has 4 heteroatoms. The number of nitrogens with one attached hydrogen (secondary N) is 1. The third kappa shape index (κ3) is 4.10. The van der Waals surface area contributed by atoms with Crippen LogP contribution in [0.1, 0.15) is 5.56 Å². The van der Waals surface area contributed by atoms with Gasteiger partial charge in [0.25, 0.3) is 0 Å². The van der Waals surface area contributed by atoms with Gasteiger partial charge in [-0.25, -0.2) is 0 Å². The van der Waals surface area contributed by atoms with Gasteiger partial charge in [0.05, 0.1) is 6.42 Å². The zero-order valence-corrected chi connectivity index (χ0v) is 8.90. The molecule has 0 saturated carbocycles. The molecule has 4 nitrogen and oxygen atoms in total. The number of amides is 1. The van der Waals surface area contributed by atoms with Gasteiger partial charge in [0.1, 0.15) is 0 Å². The molecule has 0 aromatic heterocycles. The predicted molar refractivity (Wildman–Crippen MR) is 56.1 cm³/mol. The topological polar surface area (TPSA) is 47.6 Å². The molecular weight excluding hydrogens is 194 g/mol. The summed E-state index contributed by atoms with van der Waals surface area (Å²) in [6, 6.07) is 9.50. The molecule has 1 aromatic carbocycles. The molecule has 0 heterocycles. The van der Waals surface area contributed by atoms with Gasteiger partial charge in [-0.2, -0.15) is 0 Å². The summed E-state index contributed by atoms with van der Waals surface area (Å²) in [7, 11) is 2.94. The van der Waals surface area contributed by atoms with Crippen molar-refractivity contribution in [3.8, 4) is 0 Å². The van der Waals surface area contributed by atoms with Crippen molar-refractivity contribution in [2.45, 2.75) is 12.8 Å². The Morgan fingerprint density at radius 1 is 1.27 bits per heavy atom.